The van der Waals surface area contributed by atoms with E-state index >= 15 is 0 Å². The van der Waals surface area contributed by atoms with E-state index < -0.39 is 0 Å². The maximum atomic E-state index is 5.87. The number of anilines is 1. The van der Waals surface area contributed by atoms with Gasteiger partial charge in [-0.15, -0.1) is 11.3 Å². The van der Waals surface area contributed by atoms with Crippen LogP contribution in [0.4, 0.5) is 5.82 Å². The summed E-state index contributed by atoms with van der Waals surface area (Å²) in [6.07, 6.45) is 3.29. The second kappa shape index (κ2) is 5.46. The van der Waals surface area contributed by atoms with Crippen LogP contribution in [0.5, 0.6) is 0 Å². The molecule has 0 aliphatic heterocycles. The summed E-state index contributed by atoms with van der Waals surface area (Å²) in [5, 5.41) is 2.05. The van der Waals surface area contributed by atoms with Crippen molar-refractivity contribution in [3.63, 3.8) is 0 Å². The second-order valence-electron chi connectivity index (χ2n) is 5.02. The molecule has 20 heavy (non-hydrogen) atoms. The molecule has 0 aromatic carbocycles. The maximum Gasteiger partial charge on any atom is 0.139 e. The zero-order chi connectivity index (χ0) is 14.1. The van der Waals surface area contributed by atoms with Crippen LogP contribution in [0, 0.1) is 0 Å². The normalized spacial score (nSPS) is 13.2. The van der Waals surface area contributed by atoms with E-state index in [1.165, 1.54) is 17.7 Å². The molecule has 1 aliphatic carbocycles. The molecule has 3 rings (SSSR count). The molecule has 6 heteroatoms. The number of fused-ring (bicyclic) bond motifs is 1. The molecule has 2 aromatic rings. The van der Waals surface area contributed by atoms with E-state index in [4.69, 9.17) is 22.9 Å². The lowest BCUT2D eigenvalue weighted by Gasteiger charge is -2.21. The van der Waals surface area contributed by atoms with Gasteiger partial charge in [0, 0.05) is 18.1 Å². The molecule has 0 unspecified atom stereocenters. The zero-order valence-corrected chi connectivity index (χ0v) is 12.9. The Labute approximate surface area is 127 Å². The predicted molar refractivity (Wildman–Crippen MR) is 86.4 cm³/mol. The number of pyridine rings is 1. The van der Waals surface area contributed by atoms with E-state index in [1.807, 2.05) is 17.9 Å². The highest BCUT2D eigenvalue weighted by Gasteiger charge is 2.20. The van der Waals surface area contributed by atoms with Crippen molar-refractivity contribution in [2.45, 2.75) is 25.8 Å². The average molecular weight is 304 g/mol. The summed E-state index contributed by atoms with van der Waals surface area (Å²) in [5.74, 6) is 0.867. The summed E-state index contributed by atoms with van der Waals surface area (Å²) in [4.78, 5) is 11.6. The van der Waals surface area contributed by atoms with Crippen molar-refractivity contribution in [3.05, 3.63) is 39.5 Å². The van der Waals surface area contributed by atoms with Crippen LogP contribution < -0.4 is 10.6 Å². The van der Waals surface area contributed by atoms with Crippen LogP contribution in [-0.4, -0.2) is 22.0 Å². The molecule has 0 atom stereocenters. The minimum atomic E-state index is 0.410. The molecule has 2 heterocycles. The first-order valence-electron chi connectivity index (χ1n) is 6.56. The molecule has 0 saturated carbocycles. The van der Waals surface area contributed by atoms with Gasteiger partial charge < -0.3 is 10.6 Å². The van der Waals surface area contributed by atoms with Gasteiger partial charge in [0.05, 0.1) is 23.3 Å². The molecule has 0 amide bonds. The van der Waals surface area contributed by atoms with Gasteiger partial charge in [-0.2, -0.15) is 0 Å². The van der Waals surface area contributed by atoms with Gasteiger partial charge >= 0.3 is 0 Å². The van der Waals surface area contributed by atoms with Crippen LogP contribution in [-0.2, 0) is 19.4 Å². The van der Waals surface area contributed by atoms with Crippen molar-refractivity contribution in [2.75, 3.05) is 11.9 Å². The molecule has 0 fully saturated rings. The molecule has 0 saturated heterocycles. The van der Waals surface area contributed by atoms with Crippen molar-refractivity contribution in [3.8, 4) is 0 Å². The first-order chi connectivity index (χ1) is 9.65. The molecule has 1 aliphatic rings. The first-order valence-corrected chi connectivity index (χ1v) is 7.91. The standard InChI is InChI=1S/C14H16N4S2/c1-18(6-10-7-20-8-16-10)14-11(13(15)19)5-9-3-2-4-12(9)17-14/h5,7-8H,2-4,6H2,1H3,(H2,15,19). The fourth-order valence-electron chi connectivity index (χ4n) is 2.57. The Bertz CT molecular complexity index is 637. The van der Waals surface area contributed by atoms with Gasteiger partial charge in [-0.1, -0.05) is 12.2 Å². The summed E-state index contributed by atoms with van der Waals surface area (Å²) >= 11 is 6.78. The highest BCUT2D eigenvalue weighted by atomic mass is 32.1. The summed E-state index contributed by atoms with van der Waals surface area (Å²) in [6, 6.07) is 2.12. The third kappa shape index (κ3) is 2.53. The van der Waals surface area contributed by atoms with E-state index in [0.29, 0.717) is 11.5 Å². The summed E-state index contributed by atoms with van der Waals surface area (Å²) < 4.78 is 0. The second-order valence-corrected chi connectivity index (χ2v) is 6.18. The SMILES string of the molecule is CN(Cc1cscn1)c1nc2c(cc1C(N)=S)CCC2. The van der Waals surface area contributed by atoms with Crippen LogP contribution in [0.1, 0.15) is 28.9 Å². The molecule has 2 aromatic heterocycles. The van der Waals surface area contributed by atoms with Gasteiger partial charge in [0.25, 0.3) is 0 Å². The Morgan fingerprint density at radius 2 is 2.35 bits per heavy atom. The predicted octanol–water partition coefficient (Wildman–Crippen LogP) is 2.30. The van der Waals surface area contributed by atoms with Crippen LogP contribution in [0.3, 0.4) is 0 Å². The molecule has 0 spiro atoms. The van der Waals surface area contributed by atoms with Crippen LogP contribution in [0.15, 0.2) is 17.0 Å². The molecule has 104 valence electrons. The van der Waals surface area contributed by atoms with Crippen molar-refractivity contribution >= 4 is 34.4 Å². The Kier molecular flexibility index (Phi) is 3.67. The summed E-state index contributed by atoms with van der Waals surface area (Å²) in [7, 11) is 2.00. The van der Waals surface area contributed by atoms with Gasteiger partial charge in [0.2, 0.25) is 0 Å². The van der Waals surface area contributed by atoms with Gasteiger partial charge in [0.1, 0.15) is 10.8 Å². The van der Waals surface area contributed by atoms with E-state index in [-0.39, 0.29) is 0 Å². The maximum absolute atomic E-state index is 5.87. The lowest BCUT2D eigenvalue weighted by Crippen LogP contribution is -2.23. The van der Waals surface area contributed by atoms with Crippen LogP contribution in [0.2, 0.25) is 0 Å². The third-order valence-corrected chi connectivity index (χ3v) is 4.40. The van der Waals surface area contributed by atoms with Gasteiger partial charge in [-0.25, -0.2) is 9.97 Å². The Balaban J connectivity index is 1.96. The molecular weight excluding hydrogens is 288 g/mol. The van der Waals surface area contributed by atoms with Gasteiger partial charge in [0.15, 0.2) is 0 Å². The minimum absolute atomic E-state index is 0.410. The number of thiocarbonyl (C=S) groups is 1. The molecule has 2 N–H and O–H groups in total. The number of aromatic nitrogens is 2. The monoisotopic (exact) mass is 304 g/mol. The van der Waals surface area contributed by atoms with Crippen molar-refractivity contribution < 1.29 is 0 Å². The van der Waals surface area contributed by atoms with Crippen molar-refractivity contribution in [2.24, 2.45) is 5.73 Å². The van der Waals surface area contributed by atoms with E-state index in [0.717, 1.165) is 29.9 Å². The fourth-order valence-corrected chi connectivity index (χ4v) is 3.27. The number of aryl methyl sites for hydroxylation is 2. The number of thiazole rings is 1. The average Bonchev–Trinajstić information content (AvgIpc) is 3.06. The Morgan fingerprint density at radius 3 is 3.05 bits per heavy atom. The highest BCUT2D eigenvalue weighted by Crippen LogP contribution is 2.27. The number of rotatable bonds is 4. The van der Waals surface area contributed by atoms with E-state index in [1.54, 1.807) is 11.3 Å². The number of hydrogen-bond acceptors (Lipinski definition) is 5. The minimum Gasteiger partial charge on any atom is -0.389 e. The fraction of sp³-hybridized carbons (Fsp3) is 0.357. The quantitative estimate of drug-likeness (QED) is 0.878. The lowest BCUT2D eigenvalue weighted by molar-refractivity contribution is 0.858. The zero-order valence-electron chi connectivity index (χ0n) is 11.3. The van der Waals surface area contributed by atoms with Crippen LogP contribution in [0.25, 0.3) is 0 Å². The molecular formula is C14H16N4S2. The van der Waals surface area contributed by atoms with Crippen molar-refractivity contribution in [1.82, 2.24) is 9.97 Å². The number of hydrogen-bond donors (Lipinski definition) is 1. The molecule has 0 radical (unpaired) electrons. The summed E-state index contributed by atoms with van der Waals surface area (Å²) in [5.41, 5.74) is 12.1. The first kappa shape index (κ1) is 13.5. The van der Waals surface area contributed by atoms with Gasteiger partial charge in [-0.3, -0.25) is 0 Å². The molecule has 0 bridgehead atoms. The summed E-state index contributed by atoms with van der Waals surface area (Å²) in [6.45, 7) is 0.713. The Hall–Kier alpha value is -1.53. The molecule has 4 nitrogen and oxygen atoms in total. The number of nitrogens with zero attached hydrogens (tertiary/aromatic N) is 3. The largest absolute Gasteiger partial charge is 0.389 e. The highest BCUT2D eigenvalue weighted by molar-refractivity contribution is 7.80. The van der Waals surface area contributed by atoms with Crippen molar-refractivity contribution in [1.29, 1.82) is 0 Å². The van der Waals surface area contributed by atoms with E-state index in [9.17, 15) is 0 Å². The lowest BCUT2D eigenvalue weighted by atomic mass is 10.1. The topological polar surface area (TPSA) is 55.0 Å². The third-order valence-electron chi connectivity index (χ3n) is 3.54. The van der Waals surface area contributed by atoms with E-state index in [2.05, 4.69) is 16.0 Å². The smallest absolute Gasteiger partial charge is 0.139 e. The van der Waals surface area contributed by atoms with Crippen LogP contribution >= 0.6 is 23.6 Å². The Morgan fingerprint density at radius 1 is 1.50 bits per heavy atom. The number of nitrogens with two attached hydrogens (primary N) is 1. The van der Waals surface area contributed by atoms with Gasteiger partial charge in [-0.05, 0) is 30.9 Å².